The summed E-state index contributed by atoms with van der Waals surface area (Å²) in [6.07, 6.45) is 6.65. The van der Waals surface area contributed by atoms with Crippen molar-refractivity contribution in [2.45, 2.75) is 50.2 Å². The van der Waals surface area contributed by atoms with Gasteiger partial charge in [-0.05, 0) is 55.9 Å². The van der Waals surface area contributed by atoms with E-state index in [0.717, 1.165) is 66.6 Å². The number of pyridine rings is 1. The number of methoxy groups -OCH3 is 1. The molecule has 196 valence electrons. The van der Waals surface area contributed by atoms with Gasteiger partial charge in [-0.3, -0.25) is 20.0 Å². The number of nitro benzene ring substituents is 1. The van der Waals surface area contributed by atoms with Crippen molar-refractivity contribution in [2.75, 3.05) is 32.4 Å². The minimum Gasteiger partial charge on any atom is -0.497 e. The molecule has 1 aromatic heterocycles. The first-order valence-electron chi connectivity index (χ1n) is 12.9. The van der Waals surface area contributed by atoms with Crippen LogP contribution in [0.5, 0.6) is 17.2 Å². The van der Waals surface area contributed by atoms with Gasteiger partial charge < -0.3 is 19.1 Å². The number of benzene rings is 2. The summed E-state index contributed by atoms with van der Waals surface area (Å²) >= 11 is 0. The highest BCUT2D eigenvalue weighted by Crippen LogP contribution is 2.45. The third-order valence-electron chi connectivity index (χ3n) is 8.38. The fourth-order valence-corrected chi connectivity index (χ4v) is 6.41. The van der Waals surface area contributed by atoms with Crippen molar-refractivity contribution in [1.82, 2.24) is 9.88 Å². The van der Waals surface area contributed by atoms with Crippen molar-refractivity contribution in [3.63, 3.8) is 0 Å². The summed E-state index contributed by atoms with van der Waals surface area (Å²) in [6, 6.07) is 12.7. The minimum absolute atomic E-state index is 0.00105. The van der Waals surface area contributed by atoms with Crippen LogP contribution < -0.4 is 19.1 Å². The summed E-state index contributed by atoms with van der Waals surface area (Å²) in [7, 11) is 3.65. The van der Waals surface area contributed by atoms with Gasteiger partial charge in [-0.15, -0.1) is 0 Å². The molecule has 2 bridgehead atoms. The van der Waals surface area contributed by atoms with Gasteiger partial charge in [-0.1, -0.05) is 0 Å². The van der Waals surface area contributed by atoms with Crippen molar-refractivity contribution in [2.24, 2.45) is 0 Å². The molecule has 3 atom stereocenters. The van der Waals surface area contributed by atoms with Crippen molar-refractivity contribution < 1.29 is 19.1 Å². The van der Waals surface area contributed by atoms with Crippen LogP contribution in [0.15, 0.2) is 36.5 Å². The molecule has 4 heterocycles. The normalized spacial score (nSPS) is 21.9. The molecule has 2 saturated heterocycles. The molecule has 0 amide bonds. The van der Waals surface area contributed by atoms with Crippen LogP contribution in [-0.2, 0) is 6.42 Å². The van der Waals surface area contributed by atoms with Crippen LogP contribution in [0, 0.1) is 21.4 Å². The van der Waals surface area contributed by atoms with Crippen LogP contribution in [0.1, 0.15) is 36.8 Å². The van der Waals surface area contributed by atoms with Crippen molar-refractivity contribution >= 4 is 22.3 Å². The van der Waals surface area contributed by atoms with E-state index in [2.05, 4.69) is 20.9 Å². The van der Waals surface area contributed by atoms with Crippen LogP contribution in [0.4, 0.5) is 11.4 Å². The van der Waals surface area contributed by atoms with E-state index in [-0.39, 0.29) is 24.3 Å². The molecule has 0 radical (unpaired) electrons. The van der Waals surface area contributed by atoms with Gasteiger partial charge in [-0.2, -0.15) is 5.26 Å². The number of aromatic nitrogens is 1. The zero-order valence-corrected chi connectivity index (χ0v) is 21.4. The molecule has 0 N–H and O–H groups in total. The van der Waals surface area contributed by atoms with E-state index < -0.39 is 4.92 Å². The SMILES string of the molecule is COc1ccc2ncc(C#N)c(CCN3[C@@H]4CC[C@H]3CC(N(C)c3cc5c(c([N+](=O)[O-])c3)OCO5)C4)c2c1. The predicted molar refractivity (Wildman–Crippen MR) is 141 cm³/mol. The Bertz CT molecular complexity index is 1440. The summed E-state index contributed by atoms with van der Waals surface area (Å²) in [5, 5.41) is 22.4. The second-order valence-electron chi connectivity index (χ2n) is 10.2. The summed E-state index contributed by atoms with van der Waals surface area (Å²) in [5.74, 6) is 1.39. The maximum atomic E-state index is 11.6. The number of hydrogen-bond acceptors (Lipinski definition) is 9. The van der Waals surface area contributed by atoms with Gasteiger partial charge in [0.25, 0.3) is 0 Å². The standard InChI is InChI=1S/C28H29N5O5/c1-31(21-11-26(33(34)35)28-27(12-21)37-16-38-28)20-9-18-3-4-19(10-20)32(18)8-7-23-17(14-29)15-30-25-6-5-22(36-2)13-24(23)25/h5-6,11-13,15,18-20H,3-4,7-10,16H2,1-2H3/t18-,19+,20?. The van der Waals surface area contributed by atoms with E-state index >= 15 is 0 Å². The van der Waals surface area contributed by atoms with Crippen LogP contribution in [0.25, 0.3) is 10.9 Å². The molecule has 38 heavy (non-hydrogen) atoms. The summed E-state index contributed by atoms with van der Waals surface area (Å²) < 4.78 is 16.2. The average Bonchev–Trinajstić information content (AvgIpc) is 3.50. The number of fused-ring (bicyclic) bond motifs is 4. The quantitative estimate of drug-likeness (QED) is 0.333. The van der Waals surface area contributed by atoms with E-state index in [9.17, 15) is 15.4 Å². The van der Waals surface area contributed by atoms with E-state index in [1.54, 1.807) is 19.4 Å². The predicted octanol–water partition coefficient (Wildman–Crippen LogP) is 4.43. The van der Waals surface area contributed by atoms with Gasteiger partial charge in [0, 0.05) is 61.1 Å². The first-order chi connectivity index (χ1) is 18.5. The fourth-order valence-electron chi connectivity index (χ4n) is 6.41. The Morgan fingerprint density at radius 3 is 2.74 bits per heavy atom. The van der Waals surface area contributed by atoms with Gasteiger partial charge >= 0.3 is 5.69 Å². The van der Waals surface area contributed by atoms with Gasteiger partial charge in [0.05, 0.1) is 23.1 Å². The smallest absolute Gasteiger partial charge is 0.317 e. The van der Waals surface area contributed by atoms with Gasteiger partial charge in [0.15, 0.2) is 5.75 Å². The Morgan fingerprint density at radius 1 is 1.24 bits per heavy atom. The molecule has 10 heteroatoms. The number of nitro groups is 1. The number of nitrogens with zero attached hydrogens (tertiary/aromatic N) is 5. The third kappa shape index (κ3) is 4.13. The Labute approximate surface area is 220 Å². The van der Waals surface area contributed by atoms with E-state index in [0.29, 0.717) is 23.4 Å². The van der Waals surface area contributed by atoms with Crippen LogP contribution in [-0.4, -0.2) is 60.4 Å². The molecular weight excluding hydrogens is 486 g/mol. The first kappa shape index (κ1) is 24.2. The van der Waals surface area contributed by atoms with Gasteiger partial charge in [0.1, 0.15) is 11.8 Å². The second-order valence-corrected chi connectivity index (χ2v) is 10.2. The van der Waals surface area contributed by atoms with Crippen molar-refractivity contribution in [1.29, 1.82) is 5.26 Å². The highest BCUT2D eigenvalue weighted by Gasteiger charge is 2.42. The Hall–Kier alpha value is -4.10. The second kappa shape index (κ2) is 9.65. The number of hydrogen-bond donors (Lipinski definition) is 0. The summed E-state index contributed by atoms with van der Waals surface area (Å²) in [5.41, 5.74) is 3.20. The highest BCUT2D eigenvalue weighted by molar-refractivity contribution is 5.85. The Kier molecular flexibility index (Phi) is 6.16. The van der Waals surface area contributed by atoms with E-state index in [1.807, 2.05) is 31.3 Å². The van der Waals surface area contributed by atoms with Crippen molar-refractivity contribution in [3.05, 3.63) is 57.8 Å². The van der Waals surface area contributed by atoms with Crippen LogP contribution >= 0.6 is 0 Å². The fraction of sp³-hybridized carbons (Fsp3) is 0.429. The van der Waals surface area contributed by atoms with Crippen molar-refractivity contribution in [3.8, 4) is 23.3 Å². The topological polar surface area (TPSA) is 114 Å². The molecule has 3 aliphatic heterocycles. The molecule has 3 aliphatic rings. The number of nitriles is 1. The van der Waals surface area contributed by atoms with Gasteiger partial charge in [0.2, 0.25) is 12.5 Å². The largest absolute Gasteiger partial charge is 0.497 e. The third-order valence-corrected chi connectivity index (χ3v) is 8.38. The number of rotatable bonds is 7. The summed E-state index contributed by atoms with van der Waals surface area (Å²) in [4.78, 5) is 20.4. The minimum atomic E-state index is -0.412. The lowest BCUT2D eigenvalue weighted by atomic mass is 9.94. The van der Waals surface area contributed by atoms with Crippen LogP contribution in [0.2, 0.25) is 0 Å². The lowest BCUT2D eigenvalue weighted by molar-refractivity contribution is -0.385. The first-order valence-corrected chi connectivity index (χ1v) is 12.9. The molecule has 0 aliphatic carbocycles. The molecule has 0 spiro atoms. The van der Waals surface area contributed by atoms with E-state index in [4.69, 9.17) is 14.2 Å². The Morgan fingerprint density at radius 2 is 2.03 bits per heavy atom. The number of piperidine rings is 1. The molecule has 0 saturated carbocycles. The zero-order valence-electron chi connectivity index (χ0n) is 21.4. The molecular formula is C28H29N5O5. The monoisotopic (exact) mass is 515 g/mol. The lowest BCUT2D eigenvalue weighted by Crippen LogP contribution is -2.50. The highest BCUT2D eigenvalue weighted by atomic mass is 16.7. The van der Waals surface area contributed by atoms with E-state index in [1.165, 1.54) is 0 Å². The van der Waals surface area contributed by atoms with Crippen LogP contribution in [0.3, 0.4) is 0 Å². The average molecular weight is 516 g/mol. The maximum Gasteiger partial charge on any atom is 0.317 e. The maximum absolute atomic E-state index is 11.6. The van der Waals surface area contributed by atoms with Gasteiger partial charge in [-0.25, -0.2) is 0 Å². The molecule has 10 nitrogen and oxygen atoms in total. The molecule has 1 unspecified atom stereocenters. The molecule has 2 aromatic carbocycles. The molecule has 6 rings (SSSR count). The molecule has 2 fully saturated rings. The molecule has 3 aromatic rings. The number of anilines is 1. The zero-order chi connectivity index (χ0) is 26.4. The number of ether oxygens (including phenoxy) is 3. The summed E-state index contributed by atoms with van der Waals surface area (Å²) in [6.45, 7) is 0.866. The lowest BCUT2D eigenvalue weighted by Gasteiger charge is -2.43. The Balaban J connectivity index is 1.20.